The summed E-state index contributed by atoms with van der Waals surface area (Å²) in [6.45, 7) is 6.35. The van der Waals surface area contributed by atoms with Gasteiger partial charge in [0.15, 0.2) is 0 Å². The van der Waals surface area contributed by atoms with E-state index in [1.54, 1.807) is 11.1 Å². The van der Waals surface area contributed by atoms with Crippen LogP contribution >= 0.6 is 11.3 Å². The van der Waals surface area contributed by atoms with Crippen LogP contribution in [0.15, 0.2) is 29.8 Å². The highest BCUT2D eigenvalue weighted by Gasteiger charge is 2.44. The fourth-order valence-corrected chi connectivity index (χ4v) is 5.07. The molecule has 32 heavy (non-hydrogen) atoms. The number of carbonyl (C=O) groups is 3. The van der Waals surface area contributed by atoms with Gasteiger partial charge < -0.3 is 10.6 Å². The van der Waals surface area contributed by atoms with Gasteiger partial charge in [-0.3, -0.25) is 19.3 Å². The Labute approximate surface area is 192 Å². The quantitative estimate of drug-likeness (QED) is 0.673. The summed E-state index contributed by atoms with van der Waals surface area (Å²) in [6, 6.07) is 4.72. The van der Waals surface area contributed by atoms with Crippen molar-refractivity contribution in [3.8, 4) is 0 Å². The van der Waals surface area contributed by atoms with E-state index in [2.05, 4.69) is 22.5 Å². The average molecular weight is 455 g/mol. The van der Waals surface area contributed by atoms with E-state index in [-0.39, 0.29) is 29.6 Å². The summed E-state index contributed by atoms with van der Waals surface area (Å²) >= 11 is 1.48. The van der Waals surface area contributed by atoms with Gasteiger partial charge in [-0.2, -0.15) is 0 Å². The van der Waals surface area contributed by atoms with Crippen LogP contribution < -0.4 is 15.5 Å². The largest absolute Gasteiger partial charge is 0.348 e. The van der Waals surface area contributed by atoms with Gasteiger partial charge in [0.1, 0.15) is 17.1 Å². The molecule has 0 saturated carbocycles. The highest BCUT2D eigenvalue weighted by atomic mass is 32.1. The lowest BCUT2D eigenvalue weighted by Crippen LogP contribution is -2.55. The minimum absolute atomic E-state index is 0.104. The number of thiazole rings is 1. The molecule has 2 aromatic rings. The minimum atomic E-state index is -0.637. The van der Waals surface area contributed by atoms with Crippen LogP contribution in [-0.4, -0.2) is 34.8 Å². The number of anilines is 1. The normalized spacial score (nSPS) is 21.5. The highest BCUT2D eigenvalue weighted by Crippen LogP contribution is 2.39. The molecule has 0 bridgehead atoms. The second-order valence-corrected chi connectivity index (χ2v) is 9.75. The van der Waals surface area contributed by atoms with Crippen LogP contribution in [0.4, 0.5) is 5.69 Å². The maximum atomic E-state index is 13.6. The van der Waals surface area contributed by atoms with Gasteiger partial charge in [0.2, 0.25) is 17.7 Å². The van der Waals surface area contributed by atoms with Crippen molar-refractivity contribution in [2.24, 2.45) is 11.8 Å². The summed E-state index contributed by atoms with van der Waals surface area (Å²) in [5, 5.41) is 8.61. The van der Waals surface area contributed by atoms with Gasteiger partial charge in [-0.1, -0.05) is 45.4 Å². The Morgan fingerprint density at radius 1 is 1.28 bits per heavy atom. The first-order valence-corrected chi connectivity index (χ1v) is 12.2. The number of aromatic nitrogens is 1. The number of carbonyl (C=O) groups excluding carboxylic acids is 3. The van der Waals surface area contributed by atoms with Crippen molar-refractivity contribution in [3.63, 3.8) is 0 Å². The van der Waals surface area contributed by atoms with Crippen LogP contribution in [0.5, 0.6) is 0 Å². The number of rotatable bonds is 7. The topological polar surface area (TPSA) is 91.4 Å². The number of nitrogens with one attached hydrogen (secondary N) is 2. The van der Waals surface area contributed by atoms with Crippen molar-refractivity contribution in [1.29, 1.82) is 0 Å². The second kappa shape index (κ2) is 9.40. The monoisotopic (exact) mass is 454 g/mol. The van der Waals surface area contributed by atoms with E-state index in [4.69, 9.17) is 0 Å². The molecule has 3 heterocycles. The Morgan fingerprint density at radius 2 is 2.06 bits per heavy atom. The summed E-state index contributed by atoms with van der Waals surface area (Å²) in [6.07, 6.45) is 4.29. The summed E-state index contributed by atoms with van der Waals surface area (Å²) < 4.78 is 0. The number of para-hydroxylation sites is 1. The van der Waals surface area contributed by atoms with Gasteiger partial charge in [0.05, 0.1) is 12.2 Å². The van der Waals surface area contributed by atoms with E-state index in [9.17, 15) is 14.4 Å². The zero-order valence-electron chi connectivity index (χ0n) is 18.8. The number of aryl methyl sites for hydroxylation is 1. The zero-order valence-corrected chi connectivity index (χ0v) is 19.6. The summed E-state index contributed by atoms with van der Waals surface area (Å²) in [4.78, 5) is 45.4. The van der Waals surface area contributed by atoms with E-state index in [1.807, 2.05) is 37.4 Å². The SMILES string of the molecule is CC[C@H](C)[C@H](C)C(=O)N[C@H]1CCc2cccc3c2N(C1=O)[C@H](C(=O)NCc1nccs1)C3. The van der Waals surface area contributed by atoms with Crippen molar-refractivity contribution in [3.05, 3.63) is 45.9 Å². The number of amides is 3. The fraction of sp³-hybridized carbons (Fsp3) is 0.500. The maximum Gasteiger partial charge on any atom is 0.250 e. The van der Waals surface area contributed by atoms with Gasteiger partial charge in [-0.05, 0) is 29.9 Å². The van der Waals surface area contributed by atoms with Crippen LogP contribution in [0.25, 0.3) is 0 Å². The molecule has 8 heteroatoms. The van der Waals surface area contributed by atoms with E-state index in [1.165, 1.54) is 11.3 Å². The Kier molecular flexibility index (Phi) is 6.60. The lowest BCUT2D eigenvalue weighted by Gasteiger charge is -2.29. The molecule has 4 atom stereocenters. The Balaban J connectivity index is 1.56. The molecule has 2 aliphatic rings. The Bertz CT molecular complexity index is 1010. The molecule has 0 spiro atoms. The molecule has 7 nitrogen and oxygen atoms in total. The van der Waals surface area contributed by atoms with E-state index >= 15 is 0 Å². The van der Waals surface area contributed by atoms with E-state index < -0.39 is 12.1 Å². The molecule has 0 fully saturated rings. The number of hydrogen-bond donors (Lipinski definition) is 2. The van der Waals surface area contributed by atoms with Crippen molar-refractivity contribution in [2.45, 2.75) is 65.1 Å². The van der Waals surface area contributed by atoms with Crippen molar-refractivity contribution in [1.82, 2.24) is 15.6 Å². The fourth-order valence-electron chi connectivity index (χ4n) is 4.51. The van der Waals surface area contributed by atoms with Gasteiger partial charge in [0, 0.05) is 23.9 Å². The molecule has 170 valence electrons. The highest BCUT2D eigenvalue weighted by molar-refractivity contribution is 7.09. The van der Waals surface area contributed by atoms with Gasteiger partial charge in [0.25, 0.3) is 0 Å². The minimum Gasteiger partial charge on any atom is -0.348 e. The second-order valence-electron chi connectivity index (χ2n) is 8.77. The molecule has 2 N–H and O–H groups in total. The van der Waals surface area contributed by atoms with Gasteiger partial charge in [-0.25, -0.2) is 4.98 Å². The van der Waals surface area contributed by atoms with Crippen molar-refractivity contribution >= 4 is 34.7 Å². The number of nitrogens with zero attached hydrogens (tertiary/aromatic N) is 2. The summed E-state index contributed by atoms with van der Waals surface area (Å²) in [5.74, 6) is -0.447. The van der Waals surface area contributed by atoms with Crippen LogP contribution in [0.3, 0.4) is 0 Å². The van der Waals surface area contributed by atoms with E-state index in [0.29, 0.717) is 25.8 Å². The summed E-state index contributed by atoms with van der Waals surface area (Å²) in [5.41, 5.74) is 2.90. The molecule has 1 aromatic carbocycles. The first-order chi connectivity index (χ1) is 15.4. The molecule has 0 unspecified atom stereocenters. The van der Waals surface area contributed by atoms with Crippen LogP contribution in [-0.2, 0) is 33.8 Å². The maximum absolute atomic E-state index is 13.6. The van der Waals surface area contributed by atoms with Gasteiger partial charge >= 0.3 is 0 Å². The Hall–Kier alpha value is -2.74. The van der Waals surface area contributed by atoms with Crippen molar-refractivity contribution < 1.29 is 14.4 Å². The first-order valence-electron chi connectivity index (χ1n) is 11.3. The lowest BCUT2D eigenvalue weighted by molar-refractivity contribution is -0.131. The Morgan fingerprint density at radius 3 is 2.78 bits per heavy atom. The van der Waals surface area contributed by atoms with Crippen LogP contribution in [0.1, 0.15) is 49.7 Å². The molecule has 1 aromatic heterocycles. The van der Waals surface area contributed by atoms with Gasteiger partial charge in [-0.15, -0.1) is 11.3 Å². The molecule has 0 radical (unpaired) electrons. The number of benzene rings is 1. The molecule has 0 saturated heterocycles. The third kappa shape index (κ3) is 4.28. The third-order valence-electron chi connectivity index (χ3n) is 6.83. The predicted molar refractivity (Wildman–Crippen MR) is 124 cm³/mol. The molecule has 2 aliphatic heterocycles. The van der Waals surface area contributed by atoms with Crippen molar-refractivity contribution in [2.75, 3.05) is 4.90 Å². The molecule has 0 aliphatic carbocycles. The summed E-state index contributed by atoms with van der Waals surface area (Å²) in [7, 11) is 0. The zero-order chi connectivity index (χ0) is 22.8. The molecular formula is C24H30N4O3S. The molecule has 4 rings (SSSR count). The van der Waals surface area contributed by atoms with E-state index in [0.717, 1.165) is 28.2 Å². The molecular weight excluding hydrogens is 424 g/mol. The molecule has 3 amide bonds. The third-order valence-corrected chi connectivity index (χ3v) is 7.61. The predicted octanol–water partition coefficient (Wildman–Crippen LogP) is 2.83. The number of hydrogen-bond acceptors (Lipinski definition) is 5. The lowest BCUT2D eigenvalue weighted by atomic mass is 9.92. The standard InChI is InChI=1S/C24H30N4O3S/c1-4-14(2)15(3)22(29)27-18-9-8-16-6-5-7-17-12-19(28(21(16)17)24(18)31)23(30)26-13-20-25-10-11-32-20/h5-7,10-11,14-15,18-19H,4,8-9,12-13H2,1-3H3,(H,26,30)(H,27,29)/t14-,15-,18-,19-/m0/s1. The smallest absolute Gasteiger partial charge is 0.250 e. The average Bonchev–Trinajstić information content (AvgIpc) is 3.43. The van der Waals surface area contributed by atoms with Crippen LogP contribution in [0.2, 0.25) is 0 Å². The van der Waals surface area contributed by atoms with Crippen LogP contribution in [0, 0.1) is 11.8 Å². The first kappa shape index (κ1) is 22.5.